The molecule has 11 aliphatic rings. The van der Waals surface area contributed by atoms with Crippen molar-refractivity contribution in [1.29, 1.82) is 0 Å². The van der Waals surface area contributed by atoms with E-state index in [4.69, 9.17) is 4.74 Å². The number of hydrogen-bond acceptors (Lipinski definition) is 4. The van der Waals surface area contributed by atoms with Crippen LogP contribution >= 0.6 is 23.5 Å². The van der Waals surface area contributed by atoms with E-state index in [2.05, 4.69) is 28.4 Å². The number of fused-ring (bicyclic) bond motifs is 13. The second-order valence-electron chi connectivity index (χ2n) is 19.3. The molecule has 4 heterocycles. The summed E-state index contributed by atoms with van der Waals surface area (Å²) >= 11 is 5.17. The maximum atomic E-state index is 7.18. The van der Waals surface area contributed by atoms with Crippen molar-refractivity contribution in [3.8, 4) is 0 Å². The minimum absolute atomic E-state index is 0.583. The van der Waals surface area contributed by atoms with Gasteiger partial charge in [0, 0.05) is 39.1 Å². The lowest BCUT2D eigenvalue weighted by Crippen LogP contribution is -2.55. The van der Waals surface area contributed by atoms with E-state index in [0.29, 0.717) is 12.2 Å². The van der Waals surface area contributed by atoms with Crippen LogP contribution in [0.15, 0.2) is 0 Å². The zero-order chi connectivity index (χ0) is 29.9. The number of hydrogen-bond donors (Lipinski definition) is 0. The molecule has 11 rings (SSSR count). The van der Waals surface area contributed by atoms with Crippen molar-refractivity contribution in [3.63, 3.8) is 0 Å². The molecule has 7 aliphatic carbocycles. The van der Waals surface area contributed by atoms with Crippen molar-refractivity contribution in [2.75, 3.05) is 0 Å². The van der Waals surface area contributed by atoms with Crippen LogP contribution in [-0.4, -0.2) is 56.2 Å². The lowest BCUT2D eigenvalue weighted by atomic mass is 9.60. The van der Waals surface area contributed by atoms with Crippen molar-refractivity contribution in [1.82, 2.24) is 4.90 Å². The molecule has 0 radical (unpaired) electrons. The summed E-state index contributed by atoms with van der Waals surface area (Å²) in [7, 11) is 0. The minimum atomic E-state index is 0.583. The summed E-state index contributed by atoms with van der Waals surface area (Å²) in [5.74, 6) is 10.3. The average Bonchev–Trinajstić information content (AvgIpc) is 3.86. The largest absolute Gasteiger partial charge is 0.373 e. The van der Waals surface area contributed by atoms with Gasteiger partial charge in [-0.15, -0.1) is 0 Å². The highest BCUT2D eigenvalue weighted by atomic mass is 32.2. The van der Waals surface area contributed by atoms with E-state index in [1.807, 2.05) is 0 Å². The smallest absolute Gasteiger partial charge is 0.0766 e. The number of thioether (sulfide) groups is 2. The first-order chi connectivity index (χ1) is 22.8. The Morgan fingerprint density at radius 2 is 1.11 bits per heavy atom. The van der Waals surface area contributed by atoms with Crippen LogP contribution in [0.3, 0.4) is 0 Å². The van der Waals surface area contributed by atoms with Crippen LogP contribution < -0.4 is 0 Å². The third kappa shape index (κ3) is 4.62. The van der Waals surface area contributed by atoms with Gasteiger partial charge in [-0.3, -0.25) is 4.90 Å². The number of likely N-dealkylation sites (tertiary alicyclic amines) is 1. The predicted molar refractivity (Wildman–Crippen MR) is 193 cm³/mol. The van der Waals surface area contributed by atoms with Crippen molar-refractivity contribution in [2.45, 2.75) is 199 Å². The quantitative estimate of drug-likeness (QED) is 0.291. The van der Waals surface area contributed by atoms with Gasteiger partial charge in [0.1, 0.15) is 0 Å². The maximum Gasteiger partial charge on any atom is 0.0766 e. The Morgan fingerprint density at radius 3 is 2.07 bits per heavy atom. The van der Waals surface area contributed by atoms with Gasteiger partial charge in [0.2, 0.25) is 0 Å². The fourth-order valence-corrected chi connectivity index (χ4v) is 21.2. The summed E-state index contributed by atoms with van der Waals surface area (Å²) < 4.78 is 7.18. The summed E-state index contributed by atoms with van der Waals surface area (Å²) in [5.41, 5.74) is 0. The van der Waals surface area contributed by atoms with Gasteiger partial charge in [0.25, 0.3) is 0 Å². The molecule has 4 saturated heterocycles. The molecule has 0 aromatic heterocycles. The van der Waals surface area contributed by atoms with Crippen LogP contribution in [0, 0.1) is 59.2 Å². The fourth-order valence-electron chi connectivity index (χ4n) is 16.4. The summed E-state index contributed by atoms with van der Waals surface area (Å²) in [4.78, 5) is 3.29. The molecule has 0 aromatic carbocycles. The Kier molecular flexibility index (Phi) is 7.96. The molecule has 19 unspecified atom stereocenters. The maximum absolute atomic E-state index is 7.18. The molecule has 46 heavy (non-hydrogen) atoms. The SMILES string of the molecule is C1CCC2C(C1)OC1C2CCCC1N1C2CCCCC2C2CC(C3CCCC4C5CCC6SC7CCCCC7C6C5SC34)CCC21. The molecule has 0 amide bonds. The monoisotopic (exact) mass is 663 g/mol. The van der Waals surface area contributed by atoms with Gasteiger partial charge in [-0.05, 0) is 155 Å². The second kappa shape index (κ2) is 12.1. The Balaban J connectivity index is 0.836. The van der Waals surface area contributed by atoms with Crippen molar-refractivity contribution < 1.29 is 4.74 Å². The van der Waals surface area contributed by atoms with E-state index in [1.54, 1.807) is 77.0 Å². The van der Waals surface area contributed by atoms with Gasteiger partial charge in [0.15, 0.2) is 0 Å². The van der Waals surface area contributed by atoms with Gasteiger partial charge < -0.3 is 4.74 Å². The van der Waals surface area contributed by atoms with Crippen LogP contribution in [0.5, 0.6) is 0 Å². The summed E-state index contributed by atoms with van der Waals surface area (Å²) in [6, 6.07) is 2.56. The van der Waals surface area contributed by atoms with Crippen LogP contribution in [-0.2, 0) is 4.74 Å². The molecule has 0 bridgehead atoms. The molecule has 19 atom stereocenters. The minimum Gasteiger partial charge on any atom is -0.373 e. The van der Waals surface area contributed by atoms with Crippen LogP contribution in [0.25, 0.3) is 0 Å². The van der Waals surface area contributed by atoms with Gasteiger partial charge in [-0.2, -0.15) is 23.5 Å². The Morgan fingerprint density at radius 1 is 0.413 bits per heavy atom. The lowest BCUT2D eigenvalue weighted by Gasteiger charge is -2.48. The molecular formula is C42H65NOS2. The van der Waals surface area contributed by atoms with Gasteiger partial charge >= 0.3 is 0 Å². The normalized spacial score (nSPS) is 59.3. The lowest BCUT2D eigenvalue weighted by molar-refractivity contribution is -0.0680. The third-order valence-electron chi connectivity index (χ3n) is 17.9. The second-order valence-corrected chi connectivity index (χ2v) is 22.2. The molecule has 4 heteroatoms. The molecule has 4 aliphatic heterocycles. The highest BCUT2D eigenvalue weighted by Crippen LogP contribution is 2.66. The molecule has 2 nitrogen and oxygen atoms in total. The van der Waals surface area contributed by atoms with E-state index in [0.717, 1.165) is 98.3 Å². The van der Waals surface area contributed by atoms with Crippen molar-refractivity contribution in [3.05, 3.63) is 0 Å². The predicted octanol–water partition coefficient (Wildman–Crippen LogP) is 10.4. The first-order valence-corrected chi connectivity index (χ1v) is 23.4. The molecular weight excluding hydrogens is 599 g/mol. The third-order valence-corrected chi connectivity index (χ3v) is 21.7. The number of rotatable bonds is 2. The van der Waals surface area contributed by atoms with Gasteiger partial charge in [-0.25, -0.2) is 0 Å². The molecule has 256 valence electrons. The van der Waals surface area contributed by atoms with E-state index in [-0.39, 0.29) is 0 Å². The standard InChI is InChI=1S/C42H65NOS2/c1-4-15-33-26(9-1)32-23-24(19-21-34(32)43(33)35-16-8-13-28-27-10-2-5-17-36(27)44-40(28)35)25-12-7-14-29-30-20-22-38-39(42(30)46-41(25)29)31-11-3-6-18-37(31)45-38/h24-42H,1-23H2. The molecule has 11 fully saturated rings. The topological polar surface area (TPSA) is 12.5 Å². The van der Waals surface area contributed by atoms with Crippen molar-refractivity contribution >= 4 is 23.5 Å². The zero-order valence-electron chi connectivity index (χ0n) is 28.9. The van der Waals surface area contributed by atoms with Gasteiger partial charge in [-0.1, -0.05) is 51.4 Å². The molecule has 7 saturated carbocycles. The molecule has 0 N–H and O–H groups in total. The highest BCUT2D eigenvalue weighted by Gasteiger charge is 2.62. The summed E-state index contributed by atoms with van der Waals surface area (Å²) in [5, 5.41) is 4.16. The van der Waals surface area contributed by atoms with Crippen LogP contribution in [0.2, 0.25) is 0 Å². The number of nitrogens with zero attached hydrogens (tertiary/aromatic N) is 1. The fraction of sp³-hybridized carbons (Fsp3) is 1.00. The van der Waals surface area contributed by atoms with Gasteiger partial charge in [0.05, 0.1) is 12.2 Å². The van der Waals surface area contributed by atoms with E-state index in [9.17, 15) is 0 Å². The van der Waals surface area contributed by atoms with E-state index >= 15 is 0 Å². The Bertz CT molecular complexity index is 1130. The molecule has 0 spiro atoms. The summed E-state index contributed by atoms with van der Waals surface area (Å²) in [6.45, 7) is 0. The van der Waals surface area contributed by atoms with E-state index < -0.39 is 0 Å². The van der Waals surface area contributed by atoms with Crippen LogP contribution in [0.4, 0.5) is 0 Å². The van der Waals surface area contributed by atoms with Crippen molar-refractivity contribution in [2.24, 2.45) is 59.2 Å². The number of ether oxygens (including phenoxy) is 1. The first kappa shape index (κ1) is 30.3. The zero-order valence-corrected chi connectivity index (χ0v) is 30.5. The first-order valence-electron chi connectivity index (χ1n) is 21.6. The van der Waals surface area contributed by atoms with E-state index in [1.165, 1.54) is 70.6 Å². The van der Waals surface area contributed by atoms with Crippen LogP contribution in [0.1, 0.15) is 148 Å². The Labute approximate surface area is 290 Å². The molecule has 0 aromatic rings. The summed E-state index contributed by atoms with van der Waals surface area (Å²) in [6.07, 6.45) is 36.3. The Hall–Kier alpha value is 0.620. The average molecular weight is 664 g/mol. The highest BCUT2D eigenvalue weighted by molar-refractivity contribution is 8.02.